The highest BCUT2D eigenvalue weighted by atomic mass is 19.1. The molecule has 0 saturated heterocycles. The molecule has 0 saturated carbocycles. The molecule has 0 aliphatic carbocycles. The normalized spacial score (nSPS) is 13.4. The zero-order valence-corrected chi connectivity index (χ0v) is 15.1. The molecule has 1 aromatic heterocycles. The molecule has 0 atom stereocenters. The Morgan fingerprint density at radius 2 is 1.81 bits per heavy atom. The van der Waals surface area contributed by atoms with Gasteiger partial charge >= 0.3 is 0 Å². The third-order valence-corrected chi connectivity index (χ3v) is 4.98. The van der Waals surface area contributed by atoms with Gasteiger partial charge in [0, 0.05) is 30.7 Å². The summed E-state index contributed by atoms with van der Waals surface area (Å²) in [5.74, 6) is 0.703. The molecule has 0 fully saturated rings. The highest BCUT2D eigenvalue weighted by molar-refractivity contribution is 5.69. The smallest absolute Gasteiger partial charge is 0.130 e. The quantitative estimate of drug-likeness (QED) is 0.711. The number of nitrogens with zero attached hydrogens (tertiary/aromatic N) is 2. The van der Waals surface area contributed by atoms with E-state index >= 15 is 0 Å². The Balaban J connectivity index is 1.59. The third-order valence-electron chi connectivity index (χ3n) is 4.98. The molecular formula is C22H22FN3. The summed E-state index contributed by atoms with van der Waals surface area (Å²) in [5.41, 5.74) is 7.03. The van der Waals surface area contributed by atoms with Crippen LogP contribution >= 0.6 is 0 Å². The van der Waals surface area contributed by atoms with Crippen LogP contribution in [0.3, 0.4) is 0 Å². The molecule has 26 heavy (non-hydrogen) atoms. The summed E-state index contributed by atoms with van der Waals surface area (Å²) in [6.07, 6.45) is 2.66. The molecule has 0 amide bonds. The fourth-order valence-electron chi connectivity index (χ4n) is 3.63. The molecule has 2 aromatic carbocycles. The molecular weight excluding hydrogens is 325 g/mol. The Labute approximate surface area is 153 Å². The maximum Gasteiger partial charge on any atom is 0.130 e. The van der Waals surface area contributed by atoms with Gasteiger partial charge in [-0.05, 0) is 78.9 Å². The minimum Gasteiger partial charge on any atom is -0.367 e. The van der Waals surface area contributed by atoms with Gasteiger partial charge in [-0.1, -0.05) is 12.1 Å². The molecule has 2 heterocycles. The van der Waals surface area contributed by atoms with Crippen molar-refractivity contribution in [2.45, 2.75) is 26.8 Å². The van der Waals surface area contributed by atoms with Gasteiger partial charge in [-0.25, -0.2) is 9.37 Å². The van der Waals surface area contributed by atoms with Crippen molar-refractivity contribution in [3.05, 3.63) is 82.8 Å². The van der Waals surface area contributed by atoms with Gasteiger partial charge in [-0.2, -0.15) is 0 Å². The second kappa shape index (κ2) is 6.79. The Hall–Kier alpha value is -2.88. The van der Waals surface area contributed by atoms with E-state index in [2.05, 4.69) is 41.2 Å². The Morgan fingerprint density at radius 1 is 1.00 bits per heavy atom. The lowest BCUT2D eigenvalue weighted by Gasteiger charge is -2.31. The standard InChI is InChI=1S/C22H22FN3/c1-15-11-20(12-16(2)22(15)25-21-5-3-4-9-24-21)26-10-8-17-13-19(23)7-6-18(17)14-26/h3-7,9,11-13H,8,10,14H2,1-2H3,(H,24,25). The van der Waals surface area contributed by atoms with Gasteiger partial charge in [0.1, 0.15) is 11.6 Å². The Bertz CT molecular complexity index is 914. The topological polar surface area (TPSA) is 28.2 Å². The fourth-order valence-corrected chi connectivity index (χ4v) is 3.63. The van der Waals surface area contributed by atoms with Crippen LogP contribution in [0.2, 0.25) is 0 Å². The van der Waals surface area contributed by atoms with Crippen LogP contribution in [0.1, 0.15) is 22.3 Å². The number of aromatic nitrogens is 1. The minimum absolute atomic E-state index is 0.145. The zero-order chi connectivity index (χ0) is 18.1. The van der Waals surface area contributed by atoms with Gasteiger partial charge in [0.15, 0.2) is 0 Å². The van der Waals surface area contributed by atoms with E-state index in [9.17, 15) is 4.39 Å². The molecule has 0 unspecified atom stereocenters. The van der Waals surface area contributed by atoms with E-state index in [0.29, 0.717) is 0 Å². The lowest BCUT2D eigenvalue weighted by atomic mass is 9.98. The summed E-state index contributed by atoms with van der Waals surface area (Å²) in [6.45, 7) is 5.97. The van der Waals surface area contributed by atoms with E-state index in [-0.39, 0.29) is 5.82 Å². The largest absolute Gasteiger partial charge is 0.367 e. The van der Waals surface area contributed by atoms with Gasteiger partial charge in [0.05, 0.1) is 0 Å². The average molecular weight is 347 g/mol. The zero-order valence-electron chi connectivity index (χ0n) is 15.1. The molecule has 4 rings (SSSR count). The molecule has 3 aromatic rings. The molecule has 1 aliphatic heterocycles. The number of halogens is 1. The highest BCUT2D eigenvalue weighted by Gasteiger charge is 2.18. The average Bonchev–Trinajstić information content (AvgIpc) is 2.65. The number of anilines is 3. The maximum absolute atomic E-state index is 13.4. The van der Waals surface area contributed by atoms with Crippen LogP contribution in [-0.4, -0.2) is 11.5 Å². The molecule has 0 bridgehead atoms. The van der Waals surface area contributed by atoms with Crippen molar-refractivity contribution in [1.82, 2.24) is 4.98 Å². The van der Waals surface area contributed by atoms with Gasteiger partial charge in [0.2, 0.25) is 0 Å². The summed E-state index contributed by atoms with van der Waals surface area (Å²) in [4.78, 5) is 6.71. The monoisotopic (exact) mass is 347 g/mol. The molecule has 1 N–H and O–H groups in total. The van der Waals surface area contributed by atoms with Crippen molar-refractivity contribution in [3.8, 4) is 0 Å². The van der Waals surface area contributed by atoms with Crippen molar-refractivity contribution in [1.29, 1.82) is 0 Å². The fraction of sp³-hybridized carbons (Fsp3) is 0.227. The van der Waals surface area contributed by atoms with Crippen LogP contribution < -0.4 is 10.2 Å². The first-order valence-electron chi connectivity index (χ1n) is 8.92. The number of aryl methyl sites for hydroxylation is 2. The number of hydrogen-bond donors (Lipinski definition) is 1. The van der Waals surface area contributed by atoms with E-state index in [1.165, 1.54) is 22.4 Å². The number of fused-ring (bicyclic) bond motifs is 1. The number of rotatable bonds is 3. The van der Waals surface area contributed by atoms with Crippen LogP contribution in [0.25, 0.3) is 0 Å². The number of hydrogen-bond acceptors (Lipinski definition) is 3. The van der Waals surface area contributed by atoms with E-state index in [4.69, 9.17) is 0 Å². The van der Waals surface area contributed by atoms with Crippen LogP contribution in [0, 0.1) is 19.7 Å². The van der Waals surface area contributed by atoms with E-state index < -0.39 is 0 Å². The number of benzene rings is 2. The van der Waals surface area contributed by atoms with Crippen molar-refractivity contribution in [2.24, 2.45) is 0 Å². The summed E-state index contributed by atoms with van der Waals surface area (Å²) in [7, 11) is 0. The minimum atomic E-state index is -0.145. The highest BCUT2D eigenvalue weighted by Crippen LogP contribution is 2.31. The molecule has 4 heteroatoms. The second-order valence-corrected chi connectivity index (χ2v) is 6.88. The predicted molar refractivity (Wildman–Crippen MR) is 105 cm³/mol. The lowest BCUT2D eigenvalue weighted by Crippen LogP contribution is -2.30. The summed E-state index contributed by atoms with van der Waals surface area (Å²) in [6, 6.07) is 15.4. The van der Waals surface area contributed by atoms with E-state index in [1.807, 2.05) is 24.3 Å². The van der Waals surface area contributed by atoms with Crippen LogP contribution in [0.4, 0.5) is 21.6 Å². The number of pyridine rings is 1. The van der Waals surface area contributed by atoms with Crippen molar-refractivity contribution < 1.29 is 4.39 Å². The van der Waals surface area contributed by atoms with Crippen molar-refractivity contribution in [3.63, 3.8) is 0 Å². The van der Waals surface area contributed by atoms with E-state index in [0.717, 1.165) is 36.6 Å². The maximum atomic E-state index is 13.4. The SMILES string of the molecule is Cc1cc(N2CCc3cc(F)ccc3C2)cc(C)c1Nc1ccccn1. The van der Waals surface area contributed by atoms with Crippen LogP contribution in [0.15, 0.2) is 54.7 Å². The van der Waals surface area contributed by atoms with Crippen molar-refractivity contribution >= 4 is 17.2 Å². The number of nitrogens with one attached hydrogen (secondary N) is 1. The van der Waals surface area contributed by atoms with Gasteiger partial charge in [-0.3, -0.25) is 0 Å². The summed E-state index contributed by atoms with van der Waals surface area (Å²) < 4.78 is 13.4. The molecule has 0 spiro atoms. The lowest BCUT2D eigenvalue weighted by molar-refractivity contribution is 0.619. The van der Waals surface area contributed by atoms with Crippen LogP contribution in [0.5, 0.6) is 0 Å². The third kappa shape index (κ3) is 3.27. The summed E-state index contributed by atoms with van der Waals surface area (Å²) in [5, 5.41) is 3.42. The molecule has 1 aliphatic rings. The van der Waals surface area contributed by atoms with Crippen LogP contribution in [-0.2, 0) is 13.0 Å². The summed E-state index contributed by atoms with van der Waals surface area (Å²) >= 11 is 0. The molecule has 3 nitrogen and oxygen atoms in total. The first-order chi connectivity index (χ1) is 12.6. The second-order valence-electron chi connectivity index (χ2n) is 6.88. The van der Waals surface area contributed by atoms with E-state index in [1.54, 1.807) is 18.3 Å². The first-order valence-corrected chi connectivity index (χ1v) is 8.92. The van der Waals surface area contributed by atoms with Crippen molar-refractivity contribution in [2.75, 3.05) is 16.8 Å². The van der Waals surface area contributed by atoms with Gasteiger partial charge in [0.25, 0.3) is 0 Å². The predicted octanol–water partition coefficient (Wildman–Crippen LogP) is 5.14. The Morgan fingerprint density at radius 3 is 2.54 bits per heavy atom. The van der Waals surface area contributed by atoms with Gasteiger partial charge in [-0.15, -0.1) is 0 Å². The Kier molecular flexibility index (Phi) is 4.33. The molecule has 0 radical (unpaired) electrons. The van der Waals surface area contributed by atoms with Gasteiger partial charge < -0.3 is 10.2 Å². The molecule has 132 valence electrons. The first kappa shape index (κ1) is 16.6.